The van der Waals surface area contributed by atoms with Crippen LogP contribution in [0.4, 0.5) is 10.5 Å². The van der Waals surface area contributed by atoms with Gasteiger partial charge in [-0.25, -0.2) is 19.7 Å². The number of hydrogen-bond acceptors (Lipinski definition) is 5. The fourth-order valence-corrected chi connectivity index (χ4v) is 3.18. The van der Waals surface area contributed by atoms with E-state index in [9.17, 15) is 4.79 Å². The maximum absolute atomic E-state index is 10.8. The summed E-state index contributed by atoms with van der Waals surface area (Å²) in [5.41, 5.74) is 2.69. The monoisotopic (exact) mass is 346 g/mol. The van der Waals surface area contributed by atoms with E-state index in [2.05, 4.69) is 20.3 Å². The van der Waals surface area contributed by atoms with Crippen LogP contribution in [0.15, 0.2) is 36.5 Å². The molecule has 0 bridgehead atoms. The van der Waals surface area contributed by atoms with Crippen molar-refractivity contribution in [3.05, 3.63) is 46.8 Å². The van der Waals surface area contributed by atoms with Gasteiger partial charge in [0.25, 0.3) is 0 Å². The third-order valence-corrected chi connectivity index (χ3v) is 4.16. The number of nitrogens with zero attached hydrogens (tertiary/aromatic N) is 3. The van der Waals surface area contributed by atoms with Gasteiger partial charge in [0.1, 0.15) is 0 Å². The first kappa shape index (κ1) is 15.4. The van der Waals surface area contributed by atoms with Crippen molar-refractivity contribution in [1.82, 2.24) is 15.0 Å². The number of aryl methyl sites for hydroxylation is 1. The zero-order valence-corrected chi connectivity index (χ0v) is 13.5. The van der Waals surface area contributed by atoms with Crippen molar-refractivity contribution in [2.24, 2.45) is 0 Å². The first-order valence-electron chi connectivity index (χ1n) is 6.59. The minimum atomic E-state index is -1.11. The van der Waals surface area contributed by atoms with Gasteiger partial charge in [-0.1, -0.05) is 12.1 Å². The highest BCUT2D eigenvalue weighted by Gasteiger charge is 2.15. The number of anilines is 1. The molecule has 0 saturated carbocycles. The molecule has 3 aromatic rings. The number of halogens is 1. The van der Waals surface area contributed by atoms with Crippen LogP contribution in [-0.2, 0) is 0 Å². The van der Waals surface area contributed by atoms with Crippen molar-refractivity contribution in [2.75, 3.05) is 5.32 Å². The van der Waals surface area contributed by atoms with Crippen molar-refractivity contribution >= 4 is 34.7 Å². The Balaban J connectivity index is 2.09. The quantitative estimate of drug-likeness (QED) is 0.689. The maximum atomic E-state index is 10.8. The van der Waals surface area contributed by atoms with E-state index < -0.39 is 6.09 Å². The normalized spacial score (nSPS) is 10.5. The molecule has 0 unspecified atom stereocenters. The van der Waals surface area contributed by atoms with Gasteiger partial charge in [0.2, 0.25) is 5.28 Å². The highest BCUT2D eigenvalue weighted by Crippen LogP contribution is 2.36. The van der Waals surface area contributed by atoms with E-state index in [1.54, 1.807) is 30.5 Å². The molecule has 0 spiro atoms. The molecule has 0 saturated heterocycles. The number of carboxylic acid groups (broad SMARTS) is 1. The molecule has 1 amide bonds. The van der Waals surface area contributed by atoms with E-state index in [-0.39, 0.29) is 5.28 Å². The van der Waals surface area contributed by atoms with Crippen molar-refractivity contribution in [3.63, 3.8) is 0 Å². The second-order valence-electron chi connectivity index (χ2n) is 4.63. The summed E-state index contributed by atoms with van der Waals surface area (Å²) in [6, 6.07) is 8.81. The van der Waals surface area contributed by atoms with Gasteiger partial charge in [-0.2, -0.15) is 0 Å². The molecule has 0 radical (unpaired) electrons. The molecule has 8 heteroatoms. The van der Waals surface area contributed by atoms with Crippen molar-refractivity contribution in [2.45, 2.75) is 6.92 Å². The second kappa shape index (κ2) is 6.31. The molecule has 1 aromatic carbocycles. The standard InChI is InChI=1S/C15H11ClN4O2S/c1-8-18-12(9-3-2-4-10(7-9)19-15(21)22)13(23-8)11-5-6-17-14(16)20-11/h2-7,19H,1H3,(H,21,22). The van der Waals surface area contributed by atoms with Gasteiger partial charge in [-0.3, -0.25) is 5.32 Å². The number of benzene rings is 1. The minimum Gasteiger partial charge on any atom is -0.465 e. The molecule has 0 aliphatic carbocycles. The SMILES string of the molecule is Cc1nc(-c2cccc(NC(=O)O)c2)c(-c2ccnc(Cl)n2)s1. The van der Waals surface area contributed by atoms with Crippen LogP contribution < -0.4 is 5.32 Å². The summed E-state index contributed by atoms with van der Waals surface area (Å²) in [6.45, 7) is 1.90. The topological polar surface area (TPSA) is 88.0 Å². The van der Waals surface area contributed by atoms with E-state index in [1.165, 1.54) is 11.3 Å². The first-order valence-corrected chi connectivity index (χ1v) is 7.79. The van der Waals surface area contributed by atoms with Crippen LogP contribution in [-0.4, -0.2) is 26.2 Å². The average molecular weight is 347 g/mol. The molecule has 0 aliphatic rings. The molecule has 0 aliphatic heterocycles. The third kappa shape index (κ3) is 3.46. The van der Waals surface area contributed by atoms with Crippen molar-refractivity contribution in [1.29, 1.82) is 0 Å². The predicted molar refractivity (Wildman–Crippen MR) is 90.0 cm³/mol. The molecule has 116 valence electrons. The van der Waals surface area contributed by atoms with Gasteiger partial charge in [0.15, 0.2) is 0 Å². The highest BCUT2D eigenvalue weighted by molar-refractivity contribution is 7.15. The summed E-state index contributed by atoms with van der Waals surface area (Å²) < 4.78 is 0. The lowest BCUT2D eigenvalue weighted by atomic mass is 10.1. The molecule has 23 heavy (non-hydrogen) atoms. The zero-order chi connectivity index (χ0) is 16.4. The molecule has 2 aromatic heterocycles. The summed E-state index contributed by atoms with van der Waals surface area (Å²) in [5.74, 6) is 0. The molecule has 0 atom stereocenters. The van der Waals surface area contributed by atoms with Gasteiger partial charge < -0.3 is 5.11 Å². The van der Waals surface area contributed by atoms with Gasteiger partial charge in [0, 0.05) is 17.4 Å². The van der Waals surface area contributed by atoms with Crippen LogP contribution in [0.1, 0.15) is 5.01 Å². The summed E-state index contributed by atoms with van der Waals surface area (Å²) in [4.78, 5) is 24.3. The lowest BCUT2D eigenvalue weighted by molar-refractivity contribution is 0.210. The average Bonchev–Trinajstić information content (AvgIpc) is 2.89. The van der Waals surface area contributed by atoms with Crippen molar-refractivity contribution in [3.8, 4) is 21.8 Å². The summed E-state index contributed by atoms with van der Waals surface area (Å²) in [7, 11) is 0. The number of hydrogen-bond donors (Lipinski definition) is 2. The Morgan fingerprint density at radius 1 is 1.30 bits per heavy atom. The molecule has 2 N–H and O–H groups in total. The number of carbonyl (C=O) groups is 1. The molecule has 2 heterocycles. The summed E-state index contributed by atoms with van der Waals surface area (Å²) in [5, 5.41) is 12.2. The minimum absolute atomic E-state index is 0.167. The first-order chi connectivity index (χ1) is 11.0. The van der Waals surface area contributed by atoms with Crippen LogP contribution >= 0.6 is 22.9 Å². The number of amides is 1. The van der Waals surface area contributed by atoms with Gasteiger partial charge in [-0.15, -0.1) is 11.3 Å². The fraction of sp³-hybridized carbons (Fsp3) is 0.0667. The summed E-state index contributed by atoms with van der Waals surface area (Å²) >= 11 is 7.36. The van der Waals surface area contributed by atoms with Crippen LogP contribution in [0.3, 0.4) is 0 Å². The number of aromatic nitrogens is 3. The van der Waals surface area contributed by atoms with E-state index in [4.69, 9.17) is 16.7 Å². The molecule has 0 fully saturated rings. The van der Waals surface area contributed by atoms with Crippen LogP contribution in [0, 0.1) is 6.92 Å². The lowest BCUT2D eigenvalue weighted by Crippen LogP contribution is -2.06. The van der Waals surface area contributed by atoms with E-state index in [0.29, 0.717) is 11.4 Å². The number of thiazole rings is 1. The van der Waals surface area contributed by atoms with E-state index >= 15 is 0 Å². The maximum Gasteiger partial charge on any atom is 0.409 e. The second-order valence-corrected chi connectivity index (χ2v) is 6.17. The number of nitrogens with one attached hydrogen (secondary N) is 1. The lowest BCUT2D eigenvalue weighted by Gasteiger charge is -2.05. The van der Waals surface area contributed by atoms with Gasteiger partial charge in [-0.05, 0) is 36.7 Å². The van der Waals surface area contributed by atoms with Crippen LogP contribution in [0.2, 0.25) is 5.28 Å². The Morgan fingerprint density at radius 2 is 2.13 bits per heavy atom. The van der Waals surface area contributed by atoms with Crippen LogP contribution in [0.5, 0.6) is 0 Å². The van der Waals surface area contributed by atoms with Crippen molar-refractivity contribution < 1.29 is 9.90 Å². The largest absolute Gasteiger partial charge is 0.465 e. The third-order valence-electron chi connectivity index (χ3n) is 2.98. The molecular weight excluding hydrogens is 336 g/mol. The smallest absolute Gasteiger partial charge is 0.409 e. The highest BCUT2D eigenvalue weighted by atomic mass is 35.5. The Labute approximate surface area is 140 Å². The van der Waals surface area contributed by atoms with Gasteiger partial charge in [0.05, 0.1) is 21.3 Å². The Bertz CT molecular complexity index is 881. The van der Waals surface area contributed by atoms with Gasteiger partial charge >= 0.3 is 6.09 Å². The fourth-order valence-electron chi connectivity index (χ4n) is 2.13. The van der Waals surface area contributed by atoms with Crippen LogP contribution in [0.25, 0.3) is 21.8 Å². The zero-order valence-electron chi connectivity index (χ0n) is 11.9. The molecule has 3 rings (SSSR count). The molecular formula is C15H11ClN4O2S. The molecule has 6 nitrogen and oxygen atoms in total. The summed E-state index contributed by atoms with van der Waals surface area (Å²) in [6.07, 6.45) is 0.478. The van der Waals surface area contributed by atoms with E-state index in [0.717, 1.165) is 21.1 Å². The number of rotatable bonds is 3. The van der Waals surface area contributed by atoms with E-state index in [1.807, 2.05) is 13.0 Å². The predicted octanol–water partition coefficient (Wildman–Crippen LogP) is 4.32. The Morgan fingerprint density at radius 3 is 2.87 bits per heavy atom. The Hall–Kier alpha value is -2.51. The Kier molecular flexibility index (Phi) is 4.22.